The van der Waals surface area contributed by atoms with E-state index in [4.69, 9.17) is 0 Å². The van der Waals surface area contributed by atoms with Crippen LogP contribution in [0, 0.1) is 5.92 Å². The molecular formula is C16H30N2O. The van der Waals surface area contributed by atoms with E-state index in [9.17, 15) is 5.11 Å². The molecule has 3 fully saturated rings. The lowest BCUT2D eigenvalue weighted by Crippen LogP contribution is -2.51. The van der Waals surface area contributed by atoms with Crippen LogP contribution in [-0.2, 0) is 0 Å². The summed E-state index contributed by atoms with van der Waals surface area (Å²) in [5, 5.41) is 13.3. The zero-order chi connectivity index (χ0) is 13.3. The van der Waals surface area contributed by atoms with E-state index in [1.807, 2.05) is 0 Å². The number of fused-ring (bicyclic) bond motifs is 1. The molecule has 3 aliphatic rings. The van der Waals surface area contributed by atoms with Crippen molar-refractivity contribution < 1.29 is 5.11 Å². The lowest BCUT2D eigenvalue weighted by Gasteiger charge is -2.40. The fourth-order valence-corrected chi connectivity index (χ4v) is 4.14. The van der Waals surface area contributed by atoms with Crippen LogP contribution in [0.2, 0.25) is 0 Å². The van der Waals surface area contributed by atoms with Crippen molar-refractivity contribution in [3.05, 3.63) is 0 Å². The van der Waals surface area contributed by atoms with E-state index >= 15 is 0 Å². The molecule has 0 bridgehead atoms. The van der Waals surface area contributed by atoms with Gasteiger partial charge in [-0.05, 0) is 64.3 Å². The normalized spacial score (nSPS) is 35.1. The molecule has 3 rings (SSSR count). The van der Waals surface area contributed by atoms with Crippen molar-refractivity contribution in [1.29, 1.82) is 0 Å². The monoisotopic (exact) mass is 266 g/mol. The fraction of sp³-hybridized carbons (Fsp3) is 1.00. The van der Waals surface area contributed by atoms with E-state index in [2.05, 4.69) is 17.1 Å². The number of aliphatic hydroxyl groups is 1. The van der Waals surface area contributed by atoms with Gasteiger partial charge in [0.1, 0.15) is 0 Å². The zero-order valence-corrected chi connectivity index (χ0v) is 12.4. The molecule has 2 aliphatic carbocycles. The quantitative estimate of drug-likeness (QED) is 0.773. The molecule has 3 nitrogen and oxygen atoms in total. The number of nitrogens with zero attached hydrogens (tertiary/aromatic N) is 1. The summed E-state index contributed by atoms with van der Waals surface area (Å²) in [5.41, 5.74) is -0.0628. The Bertz CT molecular complexity index is 305. The van der Waals surface area contributed by atoms with Gasteiger partial charge in [0.2, 0.25) is 0 Å². The molecule has 2 saturated carbocycles. The van der Waals surface area contributed by atoms with E-state index in [1.54, 1.807) is 0 Å². The maximum absolute atomic E-state index is 9.70. The molecule has 3 heteroatoms. The molecule has 3 atom stereocenters. The first-order valence-electron chi connectivity index (χ1n) is 8.33. The Morgan fingerprint density at radius 1 is 1.16 bits per heavy atom. The highest BCUT2D eigenvalue weighted by Crippen LogP contribution is 2.37. The van der Waals surface area contributed by atoms with Crippen LogP contribution in [0.25, 0.3) is 0 Å². The summed E-state index contributed by atoms with van der Waals surface area (Å²) in [6, 6.07) is 1.54. The number of hydrogen-bond acceptors (Lipinski definition) is 3. The third kappa shape index (κ3) is 3.32. The van der Waals surface area contributed by atoms with Gasteiger partial charge in [0.05, 0.1) is 6.61 Å². The van der Waals surface area contributed by atoms with E-state index < -0.39 is 0 Å². The van der Waals surface area contributed by atoms with Gasteiger partial charge in [-0.15, -0.1) is 0 Å². The van der Waals surface area contributed by atoms with Crippen molar-refractivity contribution in [1.82, 2.24) is 10.2 Å². The number of aliphatic hydroxyl groups excluding tert-OH is 1. The summed E-state index contributed by atoms with van der Waals surface area (Å²) in [6.07, 6.45) is 10.8. The summed E-state index contributed by atoms with van der Waals surface area (Å²) in [7, 11) is 0. The van der Waals surface area contributed by atoms with E-state index in [0.29, 0.717) is 6.04 Å². The first-order valence-corrected chi connectivity index (χ1v) is 8.33. The van der Waals surface area contributed by atoms with Crippen molar-refractivity contribution >= 4 is 0 Å². The van der Waals surface area contributed by atoms with Crippen LogP contribution in [0.4, 0.5) is 0 Å². The van der Waals surface area contributed by atoms with Crippen LogP contribution in [0.1, 0.15) is 58.3 Å². The second-order valence-electron chi connectivity index (χ2n) is 7.32. The predicted octanol–water partition coefficient (Wildman–Crippen LogP) is 2.14. The molecule has 1 aliphatic heterocycles. The molecule has 0 amide bonds. The second kappa shape index (κ2) is 5.71. The molecule has 19 heavy (non-hydrogen) atoms. The van der Waals surface area contributed by atoms with Gasteiger partial charge in [0, 0.05) is 24.2 Å². The fourth-order valence-electron chi connectivity index (χ4n) is 4.14. The van der Waals surface area contributed by atoms with Crippen molar-refractivity contribution in [2.45, 2.75) is 75.9 Å². The third-order valence-electron chi connectivity index (χ3n) is 5.54. The average molecular weight is 266 g/mol. The van der Waals surface area contributed by atoms with Gasteiger partial charge in [0.25, 0.3) is 0 Å². The highest BCUT2D eigenvalue weighted by Gasteiger charge is 2.37. The minimum Gasteiger partial charge on any atom is -0.394 e. The van der Waals surface area contributed by atoms with Crippen LogP contribution in [-0.4, -0.2) is 47.3 Å². The van der Waals surface area contributed by atoms with Crippen molar-refractivity contribution in [3.8, 4) is 0 Å². The maximum atomic E-state index is 9.70. The first-order chi connectivity index (χ1) is 9.20. The Balaban J connectivity index is 1.52. The Morgan fingerprint density at radius 3 is 2.68 bits per heavy atom. The van der Waals surface area contributed by atoms with Crippen LogP contribution in [0.5, 0.6) is 0 Å². The number of nitrogens with one attached hydrogen (secondary N) is 1. The molecule has 3 unspecified atom stereocenters. The smallest absolute Gasteiger partial charge is 0.0611 e. The third-order valence-corrected chi connectivity index (χ3v) is 5.54. The van der Waals surface area contributed by atoms with E-state index in [0.717, 1.165) is 24.9 Å². The minimum absolute atomic E-state index is 0.0628. The average Bonchev–Trinajstić information content (AvgIpc) is 3.09. The number of hydrogen-bond donors (Lipinski definition) is 2. The van der Waals surface area contributed by atoms with E-state index in [1.165, 1.54) is 51.5 Å². The van der Waals surface area contributed by atoms with Crippen LogP contribution < -0.4 is 5.32 Å². The Kier molecular flexibility index (Phi) is 4.16. The second-order valence-corrected chi connectivity index (χ2v) is 7.32. The molecule has 0 aromatic rings. The van der Waals surface area contributed by atoms with E-state index in [-0.39, 0.29) is 12.1 Å². The zero-order valence-electron chi connectivity index (χ0n) is 12.4. The van der Waals surface area contributed by atoms with Crippen molar-refractivity contribution in [2.75, 3.05) is 19.7 Å². The van der Waals surface area contributed by atoms with Gasteiger partial charge in [-0.25, -0.2) is 0 Å². The number of rotatable bonds is 6. The van der Waals surface area contributed by atoms with Gasteiger partial charge in [-0.1, -0.05) is 6.42 Å². The molecule has 0 radical (unpaired) electrons. The summed E-state index contributed by atoms with van der Waals surface area (Å²) >= 11 is 0. The first kappa shape index (κ1) is 13.8. The number of likely N-dealkylation sites (tertiary alicyclic amines) is 1. The molecule has 1 heterocycles. The molecular weight excluding hydrogens is 236 g/mol. The topological polar surface area (TPSA) is 35.5 Å². The molecule has 0 aromatic heterocycles. The summed E-state index contributed by atoms with van der Waals surface area (Å²) in [6.45, 7) is 4.91. The predicted molar refractivity (Wildman–Crippen MR) is 78.2 cm³/mol. The molecule has 0 spiro atoms. The summed E-state index contributed by atoms with van der Waals surface area (Å²) in [4.78, 5) is 2.73. The highest BCUT2D eigenvalue weighted by atomic mass is 16.3. The van der Waals surface area contributed by atoms with Gasteiger partial charge in [-0.2, -0.15) is 0 Å². The molecule has 2 N–H and O–H groups in total. The van der Waals surface area contributed by atoms with Crippen LogP contribution in [0.3, 0.4) is 0 Å². The van der Waals surface area contributed by atoms with Gasteiger partial charge >= 0.3 is 0 Å². The Hall–Kier alpha value is -0.120. The standard InChI is InChI=1S/C16H30N2O/c1-16(12-19,17-14-7-8-14)9-11-18-10-3-5-13-4-2-6-15(13)18/h13-15,17,19H,2-12H2,1H3. The Morgan fingerprint density at radius 2 is 1.95 bits per heavy atom. The van der Waals surface area contributed by atoms with Gasteiger partial charge in [-0.3, -0.25) is 0 Å². The largest absolute Gasteiger partial charge is 0.394 e. The van der Waals surface area contributed by atoms with Crippen LogP contribution in [0.15, 0.2) is 0 Å². The number of piperidine rings is 1. The van der Waals surface area contributed by atoms with Gasteiger partial charge < -0.3 is 15.3 Å². The maximum Gasteiger partial charge on any atom is 0.0611 e. The lowest BCUT2D eigenvalue weighted by atomic mass is 9.90. The lowest BCUT2D eigenvalue weighted by molar-refractivity contribution is 0.0864. The SMILES string of the molecule is CC(CO)(CCN1CCCC2CCCC21)NC1CC1. The summed E-state index contributed by atoms with van der Waals surface area (Å²) < 4.78 is 0. The molecule has 1 saturated heterocycles. The molecule has 110 valence electrons. The van der Waals surface area contributed by atoms with Crippen LogP contribution >= 0.6 is 0 Å². The van der Waals surface area contributed by atoms with Gasteiger partial charge in [0.15, 0.2) is 0 Å². The Labute approximate surface area is 117 Å². The minimum atomic E-state index is -0.0628. The van der Waals surface area contributed by atoms with Crippen molar-refractivity contribution in [2.24, 2.45) is 5.92 Å². The summed E-state index contributed by atoms with van der Waals surface area (Å²) in [5.74, 6) is 0.977. The molecule has 0 aromatic carbocycles. The highest BCUT2D eigenvalue weighted by molar-refractivity contribution is 4.95. The van der Waals surface area contributed by atoms with Crippen molar-refractivity contribution in [3.63, 3.8) is 0 Å².